The highest BCUT2D eigenvalue weighted by Crippen LogP contribution is 2.18. The second-order valence-electron chi connectivity index (χ2n) is 2.85. The number of hydrogen-bond donors (Lipinski definition) is 2. The van der Waals surface area contributed by atoms with Gasteiger partial charge in [0.1, 0.15) is 0 Å². The molecule has 0 bridgehead atoms. The predicted molar refractivity (Wildman–Crippen MR) is 52.9 cm³/mol. The quantitative estimate of drug-likeness (QED) is 0.812. The zero-order valence-corrected chi connectivity index (χ0v) is 8.51. The Morgan fingerprint density at radius 2 is 2.17 bits per heavy atom. The molecule has 0 aliphatic rings. The first-order chi connectivity index (χ1) is 5.63. The largest absolute Gasteiger partial charge is 0.394 e. The van der Waals surface area contributed by atoms with Crippen LogP contribution in [0.1, 0.15) is 17.2 Å². The summed E-state index contributed by atoms with van der Waals surface area (Å²) in [7, 11) is 0. The van der Waals surface area contributed by atoms with Crippen LogP contribution in [0.3, 0.4) is 0 Å². The Hall–Kier alpha value is -0.380. The lowest BCUT2D eigenvalue weighted by molar-refractivity contribution is 0.268. The molecule has 66 valence electrons. The van der Waals surface area contributed by atoms with Gasteiger partial charge in [-0.25, -0.2) is 0 Å². The Morgan fingerprint density at radius 1 is 1.50 bits per heavy atom. The van der Waals surface area contributed by atoms with Gasteiger partial charge < -0.3 is 10.8 Å². The van der Waals surface area contributed by atoms with Crippen LogP contribution in [0.2, 0.25) is 0 Å². The average molecular weight is 230 g/mol. The SMILES string of the molecule is Cc1cc(Br)cc(C(N)CO)c1. The number of benzene rings is 1. The smallest absolute Gasteiger partial charge is 0.0624 e. The second kappa shape index (κ2) is 4.03. The lowest BCUT2D eigenvalue weighted by Gasteiger charge is -2.09. The van der Waals surface area contributed by atoms with E-state index in [-0.39, 0.29) is 12.6 Å². The summed E-state index contributed by atoms with van der Waals surface area (Å²) in [4.78, 5) is 0. The molecule has 2 nitrogen and oxygen atoms in total. The van der Waals surface area contributed by atoms with Crippen LogP contribution in [0.25, 0.3) is 0 Å². The molecule has 3 heteroatoms. The molecule has 0 radical (unpaired) electrons. The van der Waals surface area contributed by atoms with Gasteiger partial charge in [0, 0.05) is 4.47 Å². The molecule has 1 rings (SSSR count). The summed E-state index contributed by atoms with van der Waals surface area (Å²) in [6, 6.07) is 5.63. The molecule has 0 aliphatic heterocycles. The number of halogens is 1. The number of nitrogens with two attached hydrogens (primary N) is 1. The minimum atomic E-state index is -0.277. The van der Waals surface area contributed by atoms with Crippen molar-refractivity contribution in [2.45, 2.75) is 13.0 Å². The van der Waals surface area contributed by atoms with Crippen LogP contribution < -0.4 is 5.73 Å². The van der Waals surface area contributed by atoms with Crippen molar-refractivity contribution in [3.05, 3.63) is 33.8 Å². The van der Waals surface area contributed by atoms with Crippen molar-refractivity contribution in [1.29, 1.82) is 0 Å². The fourth-order valence-electron chi connectivity index (χ4n) is 1.08. The first-order valence-electron chi connectivity index (χ1n) is 3.77. The molecule has 0 saturated heterocycles. The molecule has 0 saturated carbocycles. The highest BCUT2D eigenvalue weighted by molar-refractivity contribution is 9.10. The van der Waals surface area contributed by atoms with E-state index in [2.05, 4.69) is 15.9 Å². The van der Waals surface area contributed by atoms with Crippen LogP contribution in [0, 0.1) is 6.92 Å². The summed E-state index contributed by atoms with van der Waals surface area (Å²) in [5.41, 5.74) is 7.77. The van der Waals surface area contributed by atoms with Gasteiger partial charge >= 0.3 is 0 Å². The van der Waals surface area contributed by atoms with E-state index in [0.29, 0.717) is 0 Å². The van der Waals surface area contributed by atoms with Gasteiger partial charge in [0.25, 0.3) is 0 Å². The van der Waals surface area contributed by atoms with Gasteiger partial charge in [0.15, 0.2) is 0 Å². The molecule has 1 aromatic carbocycles. The maximum absolute atomic E-state index is 8.83. The van der Waals surface area contributed by atoms with E-state index in [1.165, 1.54) is 0 Å². The Morgan fingerprint density at radius 3 is 2.67 bits per heavy atom. The summed E-state index contributed by atoms with van der Waals surface area (Å²) in [6.07, 6.45) is 0. The molecule has 0 fully saturated rings. The van der Waals surface area contributed by atoms with Crippen LogP contribution in [-0.2, 0) is 0 Å². The topological polar surface area (TPSA) is 46.2 Å². The van der Waals surface area contributed by atoms with E-state index >= 15 is 0 Å². The molecule has 0 spiro atoms. The molecule has 0 aromatic heterocycles. The first kappa shape index (κ1) is 9.71. The molecule has 0 amide bonds. The maximum Gasteiger partial charge on any atom is 0.0624 e. The van der Waals surface area contributed by atoms with Crippen molar-refractivity contribution in [2.24, 2.45) is 5.73 Å². The molecular formula is C9H12BrNO. The number of aliphatic hydroxyl groups excluding tert-OH is 1. The Kier molecular flexibility index (Phi) is 3.26. The monoisotopic (exact) mass is 229 g/mol. The van der Waals surface area contributed by atoms with Gasteiger partial charge in [-0.1, -0.05) is 22.0 Å². The van der Waals surface area contributed by atoms with E-state index in [1.54, 1.807) is 0 Å². The van der Waals surface area contributed by atoms with E-state index in [9.17, 15) is 0 Å². The summed E-state index contributed by atoms with van der Waals surface area (Å²) in [5.74, 6) is 0. The van der Waals surface area contributed by atoms with Crippen molar-refractivity contribution < 1.29 is 5.11 Å². The predicted octanol–water partition coefficient (Wildman–Crippen LogP) is 1.75. The number of aryl methyl sites for hydroxylation is 1. The van der Waals surface area contributed by atoms with Crippen molar-refractivity contribution in [1.82, 2.24) is 0 Å². The summed E-state index contributed by atoms with van der Waals surface area (Å²) in [5, 5.41) is 8.83. The maximum atomic E-state index is 8.83. The Labute approximate surface area is 80.5 Å². The normalized spacial score (nSPS) is 13.0. The van der Waals surface area contributed by atoms with Gasteiger partial charge in [0.05, 0.1) is 12.6 Å². The standard InChI is InChI=1S/C9H12BrNO/c1-6-2-7(9(11)5-12)4-8(10)3-6/h2-4,9,12H,5,11H2,1H3. The molecule has 1 unspecified atom stereocenters. The Bertz CT molecular complexity index is 255. The van der Waals surface area contributed by atoms with Crippen LogP contribution in [0.4, 0.5) is 0 Å². The molecule has 0 heterocycles. The van der Waals surface area contributed by atoms with Crippen molar-refractivity contribution in [2.75, 3.05) is 6.61 Å². The highest BCUT2D eigenvalue weighted by Gasteiger charge is 2.04. The molecule has 12 heavy (non-hydrogen) atoms. The Balaban J connectivity index is 3.00. The van der Waals surface area contributed by atoms with Crippen LogP contribution in [0.15, 0.2) is 22.7 Å². The van der Waals surface area contributed by atoms with E-state index in [0.717, 1.165) is 15.6 Å². The number of hydrogen-bond acceptors (Lipinski definition) is 2. The number of rotatable bonds is 2. The van der Waals surface area contributed by atoms with Gasteiger partial charge in [-0.2, -0.15) is 0 Å². The molecule has 1 aromatic rings. The molecular weight excluding hydrogens is 218 g/mol. The zero-order valence-electron chi connectivity index (χ0n) is 6.92. The van der Waals surface area contributed by atoms with Crippen LogP contribution >= 0.6 is 15.9 Å². The zero-order chi connectivity index (χ0) is 9.14. The summed E-state index contributed by atoms with van der Waals surface area (Å²) in [6.45, 7) is 1.98. The minimum absolute atomic E-state index is 0.0180. The molecule has 1 atom stereocenters. The van der Waals surface area contributed by atoms with Crippen molar-refractivity contribution >= 4 is 15.9 Å². The third kappa shape index (κ3) is 2.30. The molecule has 0 aliphatic carbocycles. The lowest BCUT2D eigenvalue weighted by atomic mass is 10.1. The summed E-state index contributed by atoms with van der Waals surface area (Å²) >= 11 is 3.37. The molecule has 3 N–H and O–H groups in total. The van der Waals surface area contributed by atoms with E-state index < -0.39 is 0 Å². The van der Waals surface area contributed by atoms with Gasteiger partial charge in [-0.15, -0.1) is 0 Å². The fourth-order valence-corrected chi connectivity index (χ4v) is 1.71. The third-order valence-corrected chi connectivity index (χ3v) is 2.15. The average Bonchev–Trinajstić information content (AvgIpc) is 2.01. The first-order valence-corrected chi connectivity index (χ1v) is 4.56. The van der Waals surface area contributed by atoms with Crippen molar-refractivity contribution in [3.63, 3.8) is 0 Å². The summed E-state index contributed by atoms with van der Waals surface area (Å²) < 4.78 is 1.00. The van der Waals surface area contributed by atoms with E-state index in [1.807, 2.05) is 25.1 Å². The number of aliphatic hydroxyl groups is 1. The fraction of sp³-hybridized carbons (Fsp3) is 0.333. The van der Waals surface area contributed by atoms with E-state index in [4.69, 9.17) is 10.8 Å². The van der Waals surface area contributed by atoms with Gasteiger partial charge in [0.2, 0.25) is 0 Å². The van der Waals surface area contributed by atoms with Crippen molar-refractivity contribution in [3.8, 4) is 0 Å². The second-order valence-corrected chi connectivity index (χ2v) is 3.77. The third-order valence-electron chi connectivity index (χ3n) is 1.69. The van der Waals surface area contributed by atoms with Crippen LogP contribution in [0.5, 0.6) is 0 Å². The van der Waals surface area contributed by atoms with Crippen LogP contribution in [-0.4, -0.2) is 11.7 Å². The van der Waals surface area contributed by atoms with Gasteiger partial charge in [-0.3, -0.25) is 0 Å². The highest BCUT2D eigenvalue weighted by atomic mass is 79.9. The van der Waals surface area contributed by atoms with Gasteiger partial charge in [-0.05, 0) is 30.2 Å². The minimum Gasteiger partial charge on any atom is -0.394 e. The lowest BCUT2D eigenvalue weighted by Crippen LogP contribution is -2.14.